The summed E-state index contributed by atoms with van der Waals surface area (Å²) >= 11 is 0. The van der Waals surface area contributed by atoms with E-state index >= 15 is 0 Å². The van der Waals surface area contributed by atoms with Crippen molar-refractivity contribution in [1.29, 1.82) is 0 Å². The predicted molar refractivity (Wildman–Crippen MR) is 145 cm³/mol. The van der Waals surface area contributed by atoms with Crippen LogP contribution in [0.25, 0.3) is 0 Å². The van der Waals surface area contributed by atoms with E-state index in [1.165, 1.54) is 60.4 Å². The number of aryl methyl sites for hydroxylation is 3. The molecule has 0 aliphatic heterocycles. The van der Waals surface area contributed by atoms with Gasteiger partial charge in [0.05, 0.1) is 6.61 Å². The number of rotatable bonds is 11. The van der Waals surface area contributed by atoms with Gasteiger partial charge in [-0.05, 0) is 79.3 Å². The molecule has 0 fully saturated rings. The van der Waals surface area contributed by atoms with E-state index < -0.39 is 11.6 Å². The smallest absolute Gasteiger partial charge is 0.200 e. The van der Waals surface area contributed by atoms with Gasteiger partial charge in [-0.25, -0.2) is 4.39 Å². The second-order valence-corrected chi connectivity index (χ2v) is 10.1. The molecule has 3 heteroatoms. The molecule has 0 bridgehead atoms. The van der Waals surface area contributed by atoms with Gasteiger partial charge in [-0.2, -0.15) is 4.39 Å². The van der Waals surface area contributed by atoms with Crippen LogP contribution in [0.5, 0.6) is 5.75 Å². The highest BCUT2D eigenvalue weighted by molar-refractivity contribution is 5.34. The number of unbranched alkanes of at least 4 members (excludes halogenated alkanes) is 2. The highest BCUT2D eigenvalue weighted by Crippen LogP contribution is 2.35. The normalized spacial score (nSPS) is 17.3. The van der Waals surface area contributed by atoms with Crippen molar-refractivity contribution in [3.63, 3.8) is 0 Å². The Kier molecular flexibility index (Phi) is 9.33. The molecular weight excluding hydrogens is 450 g/mol. The minimum Gasteiger partial charge on any atom is -0.490 e. The molecule has 2 unspecified atom stereocenters. The number of hydrogen-bond acceptors (Lipinski definition) is 1. The van der Waals surface area contributed by atoms with Crippen molar-refractivity contribution in [2.45, 2.75) is 77.0 Å². The Balaban J connectivity index is 1.24. The lowest BCUT2D eigenvalue weighted by atomic mass is 9.81. The van der Waals surface area contributed by atoms with Crippen LogP contribution in [0.1, 0.15) is 85.1 Å². The summed E-state index contributed by atoms with van der Waals surface area (Å²) in [7, 11) is 0. The van der Waals surface area contributed by atoms with Crippen LogP contribution in [0, 0.1) is 18.6 Å². The first-order chi connectivity index (χ1) is 17.5. The summed E-state index contributed by atoms with van der Waals surface area (Å²) in [5.74, 6) is -0.773. The van der Waals surface area contributed by atoms with Gasteiger partial charge in [-0.1, -0.05) is 86.5 Å². The SMILES string of the molecule is CCCCCc1ccc(C2C=CC(c3ccc(CCCOc4ccc(C)c(F)c4F)cc3)CC2)cc1. The van der Waals surface area contributed by atoms with Crippen LogP contribution in [-0.4, -0.2) is 6.61 Å². The first-order valence-electron chi connectivity index (χ1n) is 13.5. The van der Waals surface area contributed by atoms with Crippen LogP contribution in [-0.2, 0) is 12.8 Å². The van der Waals surface area contributed by atoms with Gasteiger partial charge in [0, 0.05) is 11.8 Å². The summed E-state index contributed by atoms with van der Waals surface area (Å²) < 4.78 is 33.0. The molecule has 0 radical (unpaired) electrons. The van der Waals surface area contributed by atoms with E-state index in [-0.39, 0.29) is 11.3 Å². The summed E-state index contributed by atoms with van der Waals surface area (Å²) in [6.45, 7) is 4.15. The Morgan fingerprint density at radius 2 is 1.25 bits per heavy atom. The van der Waals surface area contributed by atoms with Crippen LogP contribution in [0.4, 0.5) is 8.78 Å². The largest absolute Gasteiger partial charge is 0.490 e. The minimum atomic E-state index is -0.901. The Morgan fingerprint density at radius 3 is 1.78 bits per heavy atom. The maximum atomic E-state index is 13.9. The molecule has 190 valence electrons. The quantitative estimate of drug-likeness (QED) is 0.193. The molecule has 0 spiro atoms. The average Bonchev–Trinajstić information content (AvgIpc) is 2.92. The highest BCUT2D eigenvalue weighted by Gasteiger charge is 2.18. The van der Waals surface area contributed by atoms with E-state index in [4.69, 9.17) is 4.74 Å². The van der Waals surface area contributed by atoms with Crippen molar-refractivity contribution in [3.05, 3.63) is 112 Å². The molecular formula is C33H38F2O. The van der Waals surface area contributed by atoms with Gasteiger partial charge in [0.1, 0.15) is 0 Å². The van der Waals surface area contributed by atoms with Crippen LogP contribution < -0.4 is 4.74 Å². The molecule has 0 heterocycles. The van der Waals surface area contributed by atoms with E-state index in [0.717, 1.165) is 19.3 Å². The maximum Gasteiger partial charge on any atom is 0.200 e. The molecule has 4 rings (SSSR count). The molecule has 1 nitrogen and oxygen atoms in total. The fourth-order valence-electron chi connectivity index (χ4n) is 5.02. The predicted octanol–water partition coefficient (Wildman–Crippen LogP) is 9.23. The number of benzene rings is 3. The molecule has 0 saturated carbocycles. The van der Waals surface area contributed by atoms with E-state index in [9.17, 15) is 8.78 Å². The Labute approximate surface area is 215 Å². The zero-order valence-corrected chi connectivity index (χ0v) is 21.6. The molecule has 0 amide bonds. The summed E-state index contributed by atoms with van der Waals surface area (Å²) in [6.07, 6.45) is 13.7. The van der Waals surface area contributed by atoms with E-state index in [0.29, 0.717) is 18.4 Å². The number of halogens is 2. The molecule has 3 aromatic carbocycles. The third-order valence-electron chi connectivity index (χ3n) is 7.36. The van der Waals surface area contributed by atoms with Crippen molar-refractivity contribution in [2.24, 2.45) is 0 Å². The number of ether oxygens (including phenoxy) is 1. The Bertz CT molecular complexity index is 1130. The summed E-state index contributed by atoms with van der Waals surface area (Å²) in [6, 6.07) is 21.1. The standard InChI is InChI=1S/C33H38F2O/c1-3-4-5-7-25-10-14-27(15-11-25)29-18-20-30(21-19-29)28-16-12-26(13-17-28)8-6-23-36-31-22-9-24(2)32(34)33(31)35/h9-18,20,22,29-30H,3-8,19,21,23H2,1-2H3. The highest BCUT2D eigenvalue weighted by atomic mass is 19.2. The first kappa shape index (κ1) is 26.1. The van der Waals surface area contributed by atoms with Crippen molar-refractivity contribution >= 4 is 0 Å². The van der Waals surface area contributed by atoms with Crippen LogP contribution in [0.15, 0.2) is 72.8 Å². The Hall–Kier alpha value is -2.94. The molecule has 36 heavy (non-hydrogen) atoms. The van der Waals surface area contributed by atoms with Crippen LogP contribution >= 0.6 is 0 Å². The molecule has 1 aliphatic carbocycles. The molecule has 0 aromatic heterocycles. The molecule has 3 aromatic rings. The molecule has 1 aliphatic rings. The number of hydrogen-bond donors (Lipinski definition) is 0. The second-order valence-electron chi connectivity index (χ2n) is 10.1. The fraction of sp³-hybridized carbons (Fsp3) is 0.394. The average molecular weight is 489 g/mol. The Morgan fingerprint density at radius 1 is 0.694 bits per heavy atom. The summed E-state index contributed by atoms with van der Waals surface area (Å²) in [4.78, 5) is 0. The minimum absolute atomic E-state index is 0.0150. The molecule has 0 N–H and O–H groups in total. The van der Waals surface area contributed by atoms with Crippen molar-refractivity contribution in [2.75, 3.05) is 6.61 Å². The van der Waals surface area contributed by atoms with Crippen LogP contribution in [0.2, 0.25) is 0 Å². The van der Waals surface area contributed by atoms with Crippen molar-refractivity contribution < 1.29 is 13.5 Å². The van der Waals surface area contributed by atoms with Gasteiger partial charge in [-0.15, -0.1) is 0 Å². The fourth-order valence-corrected chi connectivity index (χ4v) is 5.02. The molecule has 0 saturated heterocycles. The third kappa shape index (κ3) is 6.84. The maximum absolute atomic E-state index is 13.9. The lowest BCUT2D eigenvalue weighted by molar-refractivity contribution is 0.289. The van der Waals surface area contributed by atoms with Gasteiger partial charge >= 0.3 is 0 Å². The van der Waals surface area contributed by atoms with Crippen molar-refractivity contribution in [3.8, 4) is 5.75 Å². The molecule has 2 atom stereocenters. The van der Waals surface area contributed by atoms with Gasteiger partial charge in [-0.3, -0.25) is 0 Å². The van der Waals surface area contributed by atoms with Gasteiger partial charge in [0.25, 0.3) is 0 Å². The first-order valence-corrected chi connectivity index (χ1v) is 13.5. The third-order valence-corrected chi connectivity index (χ3v) is 7.36. The topological polar surface area (TPSA) is 9.23 Å². The van der Waals surface area contributed by atoms with Crippen molar-refractivity contribution in [1.82, 2.24) is 0 Å². The zero-order chi connectivity index (χ0) is 25.3. The van der Waals surface area contributed by atoms with E-state index in [1.54, 1.807) is 13.0 Å². The lowest BCUT2D eigenvalue weighted by Gasteiger charge is -2.24. The monoisotopic (exact) mass is 488 g/mol. The summed E-state index contributed by atoms with van der Waals surface area (Å²) in [5.41, 5.74) is 5.75. The van der Waals surface area contributed by atoms with Gasteiger partial charge < -0.3 is 4.74 Å². The van der Waals surface area contributed by atoms with E-state index in [2.05, 4.69) is 67.6 Å². The van der Waals surface area contributed by atoms with E-state index in [1.807, 2.05) is 0 Å². The summed E-state index contributed by atoms with van der Waals surface area (Å²) in [5, 5.41) is 0. The number of allylic oxidation sites excluding steroid dienone is 2. The zero-order valence-electron chi connectivity index (χ0n) is 21.6. The van der Waals surface area contributed by atoms with Gasteiger partial charge in [0.15, 0.2) is 11.6 Å². The lowest BCUT2D eigenvalue weighted by Crippen LogP contribution is -2.07. The van der Waals surface area contributed by atoms with Gasteiger partial charge in [0.2, 0.25) is 5.82 Å². The van der Waals surface area contributed by atoms with Crippen LogP contribution in [0.3, 0.4) is 0 Å². The second kappa shape index (κ2) is 12.9.